The summed E-state index contributed by atoms with van der Waals surface area (Å²) in [5.74, 6) is -0.648. The van der Waals surface area contributed by atoms with Crippen LogP contribution in [0.1, 0.15) is 17.2 Å². The van der Waals surface area contributed by atoms with Gasteiger partial charge in [-0.25, -0.2) is 8.78 Å². The molecule has 0 bridgehead atoms. The predicted octanol–water partition coefficient (Wildman–Crippen LogP) is 4.11. The second-order valence-electron chi connectivity index (χ2n) is 3.54. The molecule has 3 heteroatoms. The maximum Gasteiger partial charge on any atom is 0.123 e. The minimum absolute atomic E-state index is 0.324. The third-order valence-electron chi connectivity index (χ3n) is 2.41. The van der Waals surface area contributed by atoms with Gasteiger partial charge in [-0.2, -0.15) is 0 Å². The summed E-state index contributed by atoms with van der Waals surface area (Å²) in [7, 11) is 0. The highest BCUT2D eigenvalue weighted by molar-refractivity contribution is 5.34. The van der Waals surface area contributed by atoms with Crippen molar-refractivity contribution in [2.45, 2.75) is 6.04 Å². The first kappa shape index (κ1) is 10.8. The van der Waals surface area contributed by atoms with Crippen LogP contribution < -0.4 is 0 Å². The predicted molar refractivity (Wildman–Crippen MR) is 59.0 cm³/mol. The lowest BCUT2D eigenvalue weighted by Crippen LogP contribution is -1.95. The van der Waals surface area contributed by atoms with Crippen LogP contribution >= 0.6 is 0 Å². The molecule has 82 valence electrons. The van der Waals surface area contributed by atoms with E-state index in [4.69, 9.17) is 5.73 Å². The van der Waals surface area contributed by atoms with Crippen molar-refractivity contribution < 1.29 is 8.78 Å². The summed E-state index contributed by atoms with van der Waals surface area (Å²) in [4.78, 5) is 0. The van der Waals surface area contributed by atoms with E-state index in [-0.39, 0.29) is 11.6 Å². The third-order valence-corrected chi connectivity index (χ3v) is 2.41. The van der Waals surface area contributed by atoms with Crippen molar-refractivity contribution in [1.82, 2.24) is 0 Å². The van der Waals surface area contributed by atoms with Crippen LogP contribution in [0.5, 0.6) is 0 Å². The fourth-order valence-electron chi connectivity index (χ4n) is 1.50. The van der Waals surface area contributed by atoms with Gasteiger partial charge in [0.2, 0.25) is 0 Å². The lowest BCUT2D eigenvalue weighted by Gasteiger charge is -2.21. The van der Waals surface area contributed by atoms with Crippen LogP contribution in [-0.4, -0.2) is 0 Å². The molecule has 2 aromatic rings. The van der Waals surface area contributed by atoms with Crippen molar-refractivity contribution in [3.63, 3.8) is 0 Å². The maximum atomic E-state index is 12.7. The van der Waals surface area contributed by atoms with Crippen molar-refractivity contribution in [2.24, 2.45) is 0 Å². The molecule has 0 aliphatic rings. The summed E-state index contributed by atoms with van der Waals surface area (Å²) in [5.41, 5.74) is 9.33. The molecule has 0 spiro atoms. The first-order valence-corrected chi connectivity index (χ1v) is 4.89. The molecule has 0 aliphatic heterocycles. The van der Waals surface area contributed by atoms with E-state index < -0.39 is 6.04 Å². The Hall–Kier alpha value is -1.74. The molecule has 0 aliphatic carbocycles. The Morgan fingerprint density at radius 3 is 1.31 bits per heavy atom. The summed E-state index contributed by atoms with van der Waals surface area (Å²) in [6.45, 7) is 0. The molecule has 0 saturated carbocycles. The molecule has 0 radical (unpaired) electrons. The molecular formula is C13H10F2N-. The van der Waals surface area contributed by atoms with E-state index in [1.807, 2.05) is 0 Å². The Balaban J connectivity index is 2.28. The van der Waals surface area contributed by atoms with Crippen molar-refractivity contribution in [3.05, 3.63) is 77.0 Å². The van der Waals surface area contributed by atoms with Crippen LogP contribution in [0.4, 0.5) is 8.78 Å². The second kappa shape index (κ2) is 4.41. The van der Waals surface area contributed by atoms with Crippen LogP contribution in [0.2, 0.25) is 0 Å². The van der Waals surface area contributed by atoms with Crippen molar-refractivity contribution in [1.29, 1.82) is 0 Å². The molecule has 0 saturated heterocycles. The van der Waals surface area contributed by atoms with Gasteiger partial charge in [-0.3, -0.25) is 0 Å². The average Bonchev–Trinajstić information content (AvgIpc) is 2.30. The highest BCUT2D eigenvalue weighted by atomic mass is 19.1. The zero-order chi connectivity index (χ0) is 11.5. The van der Waals surface area contributed by atoms with Gasteiger partial charge >= 0.3 is 0 Å². The smallest absolute Gasteiger partial charge is 0.123 e. The first-order chi connectivity index (χ1) is 7.66. The van der Waals surface area contributed by atoms with Crippen LogP contribution in [0.15, 0.2) is 48.5 Å². The molecule has 2 rings (SSSR count). The molecule has 0 fully saturated rings. The molecular weight excluding hydrogens is 208 g/mol. The fraction of sp³-hybridized carbons (Fsp3) is 0.0769. The first-order valence-electron chi connectivity index (χ1n) is 4.89. The van der Waals surface area contributed by atoms with E-state index in [0.717, 1.165) is 0 Å². The molecule has 0 amide bonds. The minimum Gasteiger partial charge on any atom is -0.667 e. The average molecular weight is 218 g/mol. The molecule has 0 atom stereocenters. The fourth-order valence-corrected chi connectivity index (χ4v) is 1.50. The molecule has 0 heterocycles. The van der Waals surface area contributed by atoms with Gasteiger partial charge in [0.1, 0.15) is 11.6 Å². The lowest BCUT2D eigenvalue weighted by molar-refractivity contribution is 0.626. The third kappa shape index (κ3) is 2.25. The molecule has 2 aromatic carbocycles. The molecule has 1 nitrogen and oxygen atoms in total. The Morgan fingerprint density at radius 2 is 1.00 bits per heavy atom. The highest BCUT2D eigenvalue weighted by Gasteiger charge is 2.02. The number of rotatable bonds is 2. The van der Waals surface area contributed by atoms with E-state index >= 15 is 0 Å². The molecule has 1 N–H and O–H groups in total. The van der Waals surface area contributed by atoms with Gasteiger partial charge in [0.25, 0.3) is 0 Å². The van der Waals surface area contributed by atoms with Gasteiger partial charge < -0.3 is 5.73 Å². The Labute approximate surface area is 92.5 Å². The topological polar surface area (TPSA) is 23.8 Å². The monoisotopic (exact) mass is 218 g/mol. The van der Waals surface area contributed by atoms with Crippen molar-refractivity contribution >= 4 is 0 Å². The quantitative estimate of drug-likeness (QED) is 0.724. The van der Waals surface area contributed by atoms with Crippen LogP contribution in [0, 0.1) is 11.6 Å². The zero-order valence-corrected chi connectivity index (χ0v) is 8.45. The highest BCUT2D eigenvalue weighted by Crippen LogP contribution is 2.25. The molecule has 0 aromatic heterocycles. The standard InChI is InChI=1S/C13H10F2N/c14-11-5-1-9(2-6-11)13(16)10-3-7-12(15)8-4-10/h1-8,13,16H/q-1. The summed E-state index contributed by atoms with van der Waals surface area (Å²) in [5, 5.41) is 0. The van der Waals surface area contributed by atoms with E-state index in [0.29, 0.717) is 11.1 Å². The number of nitrogens with one attached hydrogen (secondary N) is 1. The summed E-state index contributed by atoms with van der Waals surface area (Å²) >= 11 is 0. The zero-order valence-electron chi connectivity index (χ0n) is 8.45. The maximum absolute atomic E-state index is 12.7. The van der Waals surface area contributed by atoms with Crippen molar-refractivity contribution in [3.8, 4) is 0 Å². The molecule has 16 heavy (non-hydrogen) atoms. The van der Waals surface area contributed by atoms with Crippen LogP contribution in [0.3, 0.4) is 0 Å². The summed E-state index contributed by atoms with van der Waals surface area (Å²) in [6, 6.07) is 10.9. The van der Waals surface area contributed by atoms with Gasteiger partial charge in [0.05, 0.1) is 0 Å². The van der Waals surface area contributed by atoms with Gasteiger partial charge in [-0.15, -0.1) is 0 Å². The summed E-state index contributed by atoms with van der Waals surface area (Å²) < 4.78 is 25.4. The molecule has 0 unspecified atom stereocenters. The lowest BCUT2D eigenvalue weighted by atomic mass is 10.00. The van der Waals surface area contributed by atoms with E-state index in [1.165, 1.54) is 24.3 Å². The van der Waals surface area contributed by atoms with Crippen molar-refractivity contribution in [2.75, 3.05) is 0 Å². The van der Waals surface area contributed by atoms with Gasteiger partial charge in [-0.1, -0.05) is 41.4 Å². The minimum atomic E-state index is -0.610. The van der Waals surface area contributed by atoms with E-state index in [9.17, 15) is 8.78 Å². The number of benzene rings is 2. The Bertz CT molecular complexity index is 417. The Morgan fingerprint density at radius 1 is 0.688 bits per heavy atom. The number of hydrogen-bond acceptors (Lipinski definition) is 0. The normalized spacial score (nSPS) is 10.8. The van der Waals surface area contributed by atoms with Crippen LogP contribution in [0.25, 0.3) is 5.73 Å². The Kier molecular flexibility index (Phi) is 2.97. The van der Waals surface area contributed by atoms with Crippen LogP contribution in [-0.2, 0) is 0 Å². The second-order valence-corrected chi connectivity index (χ2v) is 3.54. The van der Waals surface area contributed by atoms with E-state index in [1.54, 1.807) is 24.3 Å². The van der Waals surface area contributed by atoms with E-state index in [2.05, 4.69) is 0 Å². The number of hydrogen-bond donors (Lipinski definition) is 0. The van der Waals surface area contributed by atoms with Gasteiger partial charge in [-0.05, 0) is 24.3 Å². The largest absolute Gasteiger partial charge is 0.667 e. The van der Waals surface area contributed by atoms with Gasteiger partial charge in [0.15, 0.2) is 0 Å². The van der Waals surface area contributed by atoms with Gasteiger partial charge in [0, 0.05) is 0 Å². The SMILES string of the molecule is [NH-]C(c1ccc(F)cc1)c1ccc(F)cc1. The summed E-state index contributed by atoms with van der Waals surface area (Å²) in [6.07, 6.45) is 0. The number of halogens is 2.